The number of aromatic carboxylic acids is 1. The molecule has 0 radical (unpaired) electrons. The molecule has 0 fully saturated rings. The van der Waals surface area contributed by atoms with Crippen LogP contribution in [0.3, 0.4) is 0 Å². The summed E-state index contributed by atoms with van der Waals surface area (Å²) in [4.78, 5) is 89.8. The van der Waals surface area contributed by atoms with Crippen molar-refractivity contribution in [1.82, 2.24) is 9.97 Å². The van der Waals surface area contributed by atoms with E-state index in [2.05, 4.69) is 109 Å². The van der Waals surface area contributed by atoms with Gasteiger partial charge in [0.15, 0.2) is 0 Å². The van der Waals surface area contributed by atoms with Crippen LogP contribution in [0.4, 0.5) is 39.8 Å². The molecule has 0 atom stereocenters. The number of carboxylic acids is 1. The minimum atomic E-state index is -1.28. The molecule has 0 spiro atoms. The predicted octanol–water partition coefficient (Wildman–Crippen LogP) is 21.7. The van der Waals surface area contributed by atoms with Gasteiger partial charge in [0.2, 0.25) is 0 Å². The number of pyridine rings is 2. The second kappa shape index (κ2) is 38.2. The summed E-state index contributed by atoms with van der Waals surface area (Å²) < 4.78 is 0. The summed E-state index contributed by atoms with van der Waals surface area (Å²) >= 11 is 0. The van der Waals surface area contributed by atoms with Crippen LogP contribution in [0.5, 0.6) is 0 Å². The van der Waals surface area contributed by atoms with E-state index < -0.39 is 31.1 Å². The molecule has 0 aliphatic carbocycles. The third-order valence-electron chi connectivity index (χ3n) is 15.1. The highest BCUT2D eigenvalue weighted by atomic mass is 16.7. The Morgan fingerprint density at radius 3 is 1.02 bits per heavy atom. The highest BCUT2D eigenvalue weighted by Gasteiger charge is 2.29. The highest BCUT2D eigenvalue weighted by molar-refractivity contribution is 5.92. The average molecular weight is 1430 g/mol. The van der Waals surface area contributed by atoms with Crippen molar-refractivity contribution in [2.45, 2.75) is 209 Å². The Morgan fingerprint density at radius 1 is 0.279 bits per heavy atom. The van der Waals surface area contributed by atoms with Gasteiger partial charge in [0.25, 0.3) is 39.8 Å². The lowest BCUT2D eigenvalue weighted by Gasteiger charge is -2.19. The number of non-ortho nitro benzene ring substituents is 3. The van der Waals surface area contributed by atoms with E-state index in [4.69, 9.17) is 5.11 Å². The van der Waals surface area contributed by atoms with E-state index >= 15 is 0 Å². The lowest BCUT2D eigenvalue weighted by molar-refractivity contribution is -0.394. The molecule has 0 bridgehead atoms. The lowest BCUT2D eigenvalue weighted by Crippen LogP contribution is -2.13. The number of para-hydroxylation sites is 1. The third-order valence-corrected chi connectivity index (χ3v) is 15.1. The van der Waals surface area contributed by atoms with Crippen LogP contribution >= 0.6 is 0 Å². The highest BCUT2D eigenvalue weighted by Crippen LogP contribution is 2.35. The van der Waals surface area contributed by atoms with Gasteiger partial charge >= 0.3 is 5.97 Å². The van der Waals surface area contributed by atoms with E-state index in [-0.39, 0.29) is 92.6 Å². The molecule has 2 heterocycles. The minimum Gasteiger partial charge on any atom is -0.477 e. The van der Waals surface area contributed by atoms with E-state index in [0.717, 1.165) is 39.7 Å². The van der Waals surface area contributed by atoms with Crippen LogP contribution in [0, 0.1) is 70.8 Å². The first-order valence-electron chi connectivity index (χ1n) is 33.1. The third kappa shape index (κ3) is 31.8. The van der Waals surface area contributed by atoms with E-state index in [1.165, 1.54) is 54.2 Å². The first kappa shape index (κ1) is 90.9. The largest absolute Gasteiger partial charge is 0.477 e. The molecule has 0 amide bonds. The summed E-state index contributed by atoms with van der Waals surface area (Å²) in [5.74, 6) is -1.28. The van der Waals surface area contributed by atoms with Crippen molar-refractivity contribution in [3.05, 3.63) is 303 Å². The molecule has 560 valence electrons. The zero-order valence-electron chi connectivity index (χ0n) is 64.4. The average Bonchev–Trinajstić information content (AvgIpc) is 0.789. The van der Waals surface area contributed by atoms with E-state index in [1.54, 1.807) is 60.7 Å². The van der Waals surface area contributed by atoms with Crippen LogP contribution < -0.4 is 0 Å². The Labute approximate surface area is 610 Å². The number of carboxylic acid groups (broad SMARTS) is 1. The van der Waals surface area contributed by atoms with Crippen LogP contribution in [0.15, 0.2) is 182 Å². The maximum Gasteiger partial charge on any atom is 0.342 e. The Bertz CT molecular complexity index is 4070. The summed E-state index contributed by atoms with van der Waals surface area (Å²) in [6, 6.07) is 47.7. The van der Waals surface area contributed by atoms with E-state index in [9.17, 15) is 75.6 Å². The maximum atomic E-state index is 10.9. The van der Waals surface area contributed by atoms with Crippen molar-refractivity contribution < 1.29 is 44.4 Å². The van der Waals surface area contributed by atoms with Crippen molar-refractivity contribution in [3.8, 4) is 0 Å². The zero-order chi connectivity index (χ0) is 80.5. The maximum absolute atomic E-state index is 10.9. The lowest BCUT2D eigenvalue weighted by atomic mass is 9.86. The monoisotopic (exact) mass is 1430 g/mol. The van der Waals surface area contributed by atoms with Gasteiger partial charge in [-0.1, -0.05) is 251 Å². The number of aromatic nitrogens is 2. The van der Waals surface area contributed by atoms with Crippen LogP contribution in [-0.4, -0.2) is 55.5 Å². The Balaban J connectivity index is 0.000000597. The van der Waals surface area contributed by atoms with Crippen molar-refractivity contribution >= 4 is 45.8 Å². The fraction of sp³-hybridized carbons (Fsp3) is 0.405. The molecule has 25 nitrogen and oxygen atoms in total. The number of nitro groups is 7. The second-order valence-electron chi connectivity index (χ2n) is 32.1. The number of nitro benzene ring substituents is 6. The SMILES string of the molecule is CC(C)(C)c1cc([N+](=O)[O-])ccn1.CC(C)(C)c1ccc([N+](=O)[O-])c(C(=O)O)c1.CC(C)(C)c1ccc([N+](=O)[O-])cc1.CC(C)(C)c1ccc([N+](=O)[O-])cc1[N+](=O)[O-].CC(C)(C)c1cccc([N+](=O)[O-])c1.CC(C)(C)c1ccccc1.CC(C)(C)c1ccccc1[N+](=O)[O-].CC(C)(C)c1ccccn1. The normalized spacial score (nSPS) is 11.3. The molecule has 104 heavy (non-hydrogen) atoms. The molecule has 0 unspecified atom stereocenters. The van der Waals surface area contributed by atoms with Crippen molar-refractivity contribution in [2.75, 3.05) is 0 Å². The zero-order valence-corrected chi connectivity index (χ0v) is 64.4. The molecule has 2 aromatic heterocycles. The van der Waals surface area contributed by atoms with E-state index in [0.29, 0.717) is 11.0 Å². The molecular formula is C79H103N9O16. The molecule has 0 saturated heterocycles. The first-order chi connectivity index (χ1) is 47.3. The Hall–Kier alpha value is -11.1. The van der Waals surface area contributed by atoms with Crippen molar-refractivity contribution in [3.63, 3.8) is 0 Å². The minimum absolute atomic E-state index is 0.0357. The number of hydrogen-bond acceptors (Lipinski definition) is 17. The van der Waals surface area contributed by atoms with E-state index in [1.807, 2.05) is 134 Å². The first-order valence-corrected chi connectivity index (χ1v) is 33.1. The molecule has 25 heteroatoms. The molecule has 0 aliphatic rings. The molecule has 8 aromatic rings. The summed E-state index contributed by atoms with van der Waals surface area (Å²) in [6.45, 7) is 48.5. The number of benzene rings is 6. The van der Waals surface area contributed by atoms with Gasteiger partial charge in [-0.2, -0.15) is 0 Å². The fourth-order valence-corrected chi connectivity index (χ4v) is 8.88. The smallest absolute Gasteiger partial charge is 0.342 e. The predicted molar refractivity (Wildman–Crippen MR) is 410 cm³/mol. The van der Waals surface area contributed by atoms with Crippen LogP contribution in [0.1, 0.15) is 221 Å². The number of rotatable bonds is 8. The van der Waals surface area contributed by atoms with Crippen LogP contribution in [0.2, 0.25) is 0 Å². The van der Waals surface area contributed by atoms with Gasteiger partial charge in [0.05, 0.1) is 46.2 Å². The molecule has 0 aliphatic heterocycles. The number of carbonyl (C=O) groups is 1. The van der Waals surface area contributed by atoms with Gasteiger partial charge in [-0.15, -0.1) is 0 Å². The fourth-order valence-electron chi connectivity index (χ4n) is 8.88. The quantitative estimate of drug-likeness (QED) is 0.109. The summed E-state index contributed by atoms with van der Waals surface area (Å²) in [7, 11) is 0. The Kier molecular flexibility index (Phi) is 33.4. The van der Waals surface area contributed by atoms with Gasteiger partial charge in [-0.05, 0) is 79.0 Å². The van der Waals surface area contributed by atoms with Crippen molar-refractivity contribution in [1.29, 1.82) is 0 Å². The molecule has 1 N–H and O–H groups in total. The summed E-state index contributed by atoms with van der Waals surface area (Å²) in [6.07, 6.45) is 3.30. The summed E-state index contributed by atoms with van der Waals surface area (Å²) in [5, 5.41) is 82.9. The standard InChI is InChI=1S/C11H13NO4.C10H12N2O4.3C10H13NO2.C10H14.C9H12N2O2.C9H13N/c1-11(2,3)7-4-5-9(12(15)16)8(6-7)10(13)14;1-10(2,3)8-5-4-7(11(13)14)6-9(8)12(15)16;1-10(2,3)8-4-6-9(7-5-8)11(12)13;1-10(2,3)8-5-4-6-9(7-8)11(12)13;1-10(2,3)8-6-4-5-7-9(8)11(12)13;1-10(2,3)9-7-5-4-6-8-9;1-9(2,3)8-6-7(11(12)13)4-5-10-8;1-9(2,3)8-6-4-5-7-10-8/h4-6H,1-3H3,(H,13,14);4-6H,1-3H3;3*4-7H,1-3H3;4-8H,1-3H3;4-6H,1-3H3;4-7H,1-3H3. The number of hydrogen-bond donors (Lipinski definition) is 1. The van der Waals surface area contributed by atoms with Gasteiger partial charge in [-0.3, -0.25) is 80.8 Å². The topological polar surface area (TPSA) is 365 Å². The van der Waals surface area contributed by atoms with Gasteiger partial charge in [0.1, 0.15) is 5.56 Å². The molecule has 8 rings (SSSR count). The van der Waals surface area contributed by atoms with Crippen molar-refractivity contribution in [2.24, 2.45) is 0 Å². The molecular weight excluding hydrogens is 1330 g/mol. The number of nitrogens with zero attached hydrogens (tertiary/aromatic N) is 9. The van der Waals surface area contributed by atoms with Crippen LogP contribution in [-0.2, 0) is 43.3 Å². The van der Waals surface area contributed by atoms with Gasteiger partial charge in [-0.25, -0.2) is 4.79 Å². The molecule has 6 aromatic carbocycles. The second-order valence-corrected chi connectivity index (χ2v) is 32.1. The Morgan fingerprint density at radius 2 is 0.644 bits per heavy atom. The van der Waals surface area contributed by atoms with Gasteiger partial charge < -0.3 is 5.11 Å². The molecule has 0 saturated carbocycles. The summed E-state index contributed by atoms with van der Waals surface area (Å²) in [5.41, 5.74) is 6.41. The van der Waals surface area contributed by atoms with Gasteiger partial charge in [0, 0.05) is 94.6 Å². The van der Waals surface area contributed by atoms with Crippen LogP contribution in [0.25, 0.3) is 0 Å².